The van der Waals surface area contributed by atoms with Crippen molar-refractivity contribution in [2.45, 2.75) is 39.8 Å². The lowest BCUT2D eigenvalue weighted by Gasteiger charge is -2.35. The summed E-state index contributed by atoms with van der Waals surface area (Å²) in [5.74, 6) is 1.08. The molecule has 1 amide bonds. The molecule has 0 saturated carbocycles. The highest BCUT2D eigenvalue weighted by molar-refractivity contribution is 5.97. The van der Waals surface area contributed by atoms with Crippen molar-refractivity contribution in [2.24, 2.45) is 5.92 Å². The van der Waals surface area contributed by atoms with Crippen LogP contribution < -0.4 is 5.43 Å². The molecule has 1 aliphatic heterocycles. The number of fused-ring (bicyclic) bond motifs is 2. The third kappa shape index (κ3) is 3.08. The summed E-state index contributed by atoms with van der Waals surface area (Å²) < 4.78 is 15.7. The van der Waals surface area contributed by atoms with Crippen LogP contribution in [0.4, 0.5) is 4.39 Å². The van der Waals surface area contributed by atoms with Crippen molar-refractivity contribution < 1.29 is 9.18 Å². The van der Waals surface area contributed by atoms with Crippen LogP contribution in [0.3, 0.4) is 0 Å². The first-order valence-corrected chi connectivity index (χ1v) is 9.35. The Morgan fingerprint density at radius 1 is 1.36 bits per heavy atom. The van der Waals surface area contributed by atoms with Gasteiger partial charge in [-0.1, -0.05) is 13.8 Å². The van der Waals surface area contributed by atoms with Crippen molar-refractivity contribution in [3.05, 3.63) is 57.6 Å². The Morgan fingerprint density at radius 2 is 2.14 bits per heavy atom. The van der Waals surface area contributed by atoms with E-state index in [1.54, 1.807) is 4.90 Å². The number of carbonyl (C=O) groups is 1. The maximum absolute atomic E-state index is 13.6. The predicted molar refractivity (Wildman–Crippen MR) is 103 cm³/mol. The van der Waals surface area contributed by atoms with Crippen LogP contribution in [-0.2, 0) is 6.54 Å². The van der Waals surface area contributed by atoms with Gasteiger partial charge in [0.2, 0.25) is 5.43 Å². The second-order valence-electron chi connectivity index (χ2n) is 7.72. The van der Waals surface area contributed by atoms with Crippen LogP contribution in [0.2, 0.25) is 0 Å². The highest BCUT2D eigenvalue weighted by atomic mass is 19.1. The van der Waals surface area contributed by atoms with E-state index in [0.29, 0.717) is 23.8 Å². The number of amides is 1. The summed E-state index contributed by atoms with van der Waals surface area (Å²) >= 11 is 0. The van der Waals surface area contributed by atoms with E-state index in [1.807, 2.05) is 6.92 Å². The van der Waals surface area contributed by atoms with Crippen LogP contribution in [-0.4, -0.2) is 37.1 Å². The molecule has 0 spiro atoms. The molecular formula is C20H22FN5O2. The first-order chi connectivity index (χ1) is 13.3. The van der Waals surface area contributed by atoms with Gasteiger partial charge in [0.25, 0.3) is 5.91 Å². The molecule has 8 heteroatoms. The number of rotatable bonds is 3. The third-order valence-corrected chi connectivity index (χ3v) is 5.17. The summed E-state index contributed by atoms with van der Waals surface area (Å²) in [6.45, 7) is 6.92. The standard InChI is InChI=1S/C20H22FN5O2/c1-11(2)6-14-9-25(10-18-24-23-12(3)26(14)18)20(28)16-8-22-17-5-4-13(21)7-15(17)19(16)27/h4-5,7-8,11,14H,6,9-10H2,1-3H3,(H,22,27)/t14-/m0/s1. The number of hydrogen-bond donors (Lipinski definition) is 1. The lowest BCUT2D eigenvalue weighted by molar-refractivity contribution is 0.0659. The second kappa shape index (κ2) is 6.85. The molecular weight excluding hydrogens is 361 g/mol. The van der Waals surface area contributed by atoms with Gasteiger partial charge in [0, 0.05) is 23.6 Å². The molecule has 1 aromatic carbocycles. The van der Waals surface area contributed by atoms with Crippen molar-refractivity contribution >= 4 is 16.8 Å². The van der Waals surface area contributed by atoms with Crippen molar-refractivity contribution in [1.82, 2.24) is 24.6 Å². The minimum atomic E-state index is -0.513. The van der Waals surface area contributed by atoms with Gasteiger partial charge < -0.3 is 14.5 Å². The lowest BCUT2D eigenvalue weighted by Crippen LogP contribution is -2.43. The topological polar surface area (TPSA) is 83.9 Å². The van der Waals surface area contributed by atoms with E-state index in [9.17, 15) is 14.0 Å². The average molecular weight is 383 g/mol. The predicted octanol–water partition coefficient (Wildman–Crippen LogP) is 2.81. The molecule has 1 atom stereocenters. The highest BCUT2D eigenvalue weighted by Gasteiger charge is 2.32. The van der Waals surface area contributed by atoms with Crippen molar-refractivity contribution in [1.29, 1.82) is 0 Å². The average Bonchev–Trinajstić information content (AvgIpc) is 3.03. The number of nitrogens with zero attached hydrogens (tertiary/aromatic N) is 4. The number of carbonyl (C=O) groups excluding carboxylic acids is 1. The number of hydrogen-bond acceptors (Lipinski definition) is 4. The Hall–Kier alpha value is -3.03. The third-order valence-electron chi connectivity index (χ3n) is 5.17. The zero-order chi connectivity index (χ0) is 20.0. The zero-order valence-corrected chi connectivity index (χ0v) is 16.1. The molecule has 7 nitrogen and oxygen atoms in total. The van der Waals surface area contributed by atoms with Crippen molar-refractivity contribution in [3.8, 4) is 0 Å². The minimum Gasteiger partial charge on any atom is -0.360 e. The number of halogens is 1. The van der Waals surface area contributed by atoms with E-state index >= 15 is 0 Å². The Kier molecular flexibility index (Phi) is 4.49. The van der Waals surface area contributed by atoms with E-state index in [0.717, 1.165) is 18.3 Å². The summed E-state index contributed by atoms with van der Waals surface area (Å²) in [5.41, 5.74) is 0.0302. The number of aromatic amines is 1. The monoisotopic (exact) mass is 383 g/mol. The minimum absolute atomic E-state index is 0.00563. The molecule has 0 unspecified atom stereocenters. The van der Waals surface area contributed by atoms with Crippen molar-refractivity contribution in [3.63, 3.8) is 0 Å². The molecule has 0 saturated heterocycles. The van der Waals surface area contributed by atoms with Gasteiger partial charge in [0.1, 0.15) is 17.2 Å². The van der Waals surface area contributed by atoms with Crippen LogP contribution in [0, 0.1) is 18.7 Å². The first-order valence-electron chi connectivity index (χ1n) is 9.35. The zero-order valence-electron chi connectivity index (χ0n) is 16.1. The Balaban J connectivity index is 1.71. The molecule has 1 N–H and O–H groups in total. The number of benzene rings is 1. The largest absolute Gasteiger partial charge is 0.360 e. The van der Waals surface area contributed by atoms with Crippen LogP contribution in [0.1, 0.15) is 48.3 Å². The molecule has 28 heavy (non-hydrogen) atoms. The van der Waals surface area contributed by atoms with Gasteiger partial charge in [0.15, 0.2) is 5.82 Å². The summed E-state index contributed by atoms with van der Waals surface area (Å²) in [6.07, 6.45) is 2.28. The molecule has 0 radical (unpaired) electrons. The normalized spacial score (nSPS) is 16.6. The summed E-state index contributed by atoms with van der Waals surface area (Å²) in [6, 6.07) is 3.98. The van der Waals surface area contributed by atoms with Gasteiger partial charge in [-0.25, -0.2) is 4.39 Å². The lowest BCUT2D eigenvalue weighted by atomic mass is 10.0. The van der Waals surface area contributed by atoms with Crippen LogP contribution >= 0.6 is 0 Å². The van der Waals surface area contributed by atoms with Gasteiger partial charge in [-0.05, 0) is 37.5 Å². The van der Waals surface area contributed by atoms with Gasteiger partial charge in [0.05, 0.1) is 12.6 Å². The number of nitrogens with one attached hydrogen (secondary N) is 1. The molecule has 3 aromatic rings. The van der Waals surface area contributed by atoms with E-state index in [2.05, 4.69) is 33.6 Å². The molecule has 0 bridgehead atoms. The maximum Gasteiger partial charge on any atom is 0.259 e. The Labute approximate surface area is 161 Å². The molecule has 146 valence electrons. The highest BCUT2D eigenvalue weighted by Crippen LogP contribution is 2.27. The van der Waals surface area contributed by atoms with Crippen LogP contribution in [0.15, 0.2) is 29.2 Å². The second-order valence-corrected chi connectivity index (χ2v) is 7.72. The van der Waals surface area contributed by atoms with Gasteiger partial charge in [-0.3, -0.25) is 9.59 Å². The Bertz CT molecular complexity index is 1120. The number of H-pyrrole nitrogens is 1. The molecule has 0 fully saturated rings. The Morgan fingerprint density at radius 3 is 2.89 bits per heavy atom. The van der Waals surface area contributed by atoms with Crippen molar-refractivity contribution in [2.75, 3.05) is 6.54 Å². The molecule has 4 rings (SSSR count). The van der Waals surface area contributed by atoms with Gasteiger partial charge in [-0.15, -0.1) is 10.2 Å². The summed E-state index contributed by atoms with van der Waals surface area (Å²) in [4.78, 5) is 30.5. The SMILES string of the molecule is Cc1nnc2n1[C@@H](CC(C)C)CN(C(=O)c1c[nH]c3ccc(F)cc3c1=O)C2. The fourth-order valence-electron chi connectivity index (χ4n) is 3.97. The number of aryl methyl sites for hydroxylation is 1. The van der Waals surface area contributed by atoms with E-state index < -0.39 is 11.2 Å². The molecule has 3 heterocycles. The first kappa shape index (κ1) is 18.3. The maximum atomic E-state index is 13.6. The quantitative estimate of drug-likeness (QED) is 0.754. The number of aromatic nitrogens is 4. The van der Waals surface area contributed by atoms with Gasteiger partial charge in [-0.2, -0.15) is 0 Å². The molecule has 1 aliphatic rings. The summed E-state index contributed by atoms with van der Waals surface area (Å²) in [7, 11) is 0. The van der Waals surface area contributed by atoms with E-state index in [-0.39, 0.29) is 29.4 Å². The van der Waals surface area contributed by atoms with Crippen LogP contribution in [0.25, 0.3) is 10.9 Å². The summed E-state index contributed by atoms with van der Waals surface area (Å²) in [5, 5.41) is 8.53. The molecule has 0 aliphatic carbocycles. The van der Waals surface area contributed by atoms with E-state index in [1.165, 1.54) is 18.3 Å². The van der Waals surface area contributed by atoms with E-state index in [4.69, 9.17) is 0 Å². The smallest absolute Gasteiger partial charge is 0.259 e. The fraction of sp³-hybridized carbons (Fsp3) is 0.400. The number of pyridine rings is 1. The van der Waals surface area contributed by atoms with Gasteiger partial charge >= 0.3 is 0 Å². The molecule has 2 aromatic heterocycles. The fourth-order valence-corrected chi connectivity index (χ4v) is 3.97. The van der Waals surface area contributed by atoms with Crippen LogP contribution in [0.5, 0.6) is 0 Å².